The summed E-state index contributed by atoms with van der Waals surface area (Å²) in [5.41, 5.74) is 2.26. The van der Waals surface area contributed by atoms with Gasteiger partial charge in [-0.2, -0.15) is 5.10 Å². The van der Waals surface area contributed by atoms with E-state index in [0.29, 0.717) is 12.2 Å². The van der Waals surface area contributed by atoms with Crippen LogP contribution in [0.3, 0.4) is 0 Å². The topological polar surface area (TPSA) is 59.8 Å². The number of nitrogens with one attached hydrogen (secondary N) is 1. The zero-order valence-electron chi connectivity index (χ0n) is 11.4. The first-order valence-electron chi connectivity index (χ1n) is 6.32. The number of aromatic nitrogens is 3. The molecule has 19 heavy (non-hydrogen) atoms. The highest BCUT2D eigenvalue weighted by Gasteiger charge is 2.13. The summed E-state index contributed by atoms with van der Waals surface area (Å²) in [6, 6.07) is 7.66. The average molecular weight is 258 g/mol. The van der Waals surface area contributed by atoms with Crippen LogP contribution in [0.1, 0.15) is 41.8 Å². The second-order valence-electron chi connectivity index (χ2n) is 4.71. The van der Waals surface area contributed by atoms with Gasteiger partial charge < -0.3 is 5.32 Å². The van der Waals surface area contributed by atoms with Crippen LogP contribution in [-0.2, 0) is 6.54 Å². The van der Waals surface area contributed by atoms with Crippen LogP contribution in [0, 0.1) is 6.92 Å². The van der Waals surface area contributed by atoms with Crippen molar-refractivity contribution in [3.8, 4) is 0 Å². The standard InChI is InChI=1S/C14H18N4O/c1-10(2)18-11(3)8-13(17-18)14(19)16-9-12-6-4-5-7-15-12/h4-8,10H,9H2,1-3H3,(H,16,19). The molecule has 0 aromatic carbocycles. The van der Waals surface area contributed by atoms with Crippen LogP contribution in [0.15, 0.2) is 30.5 Å². The van der Waals surface area contributed by atoms with Crippen LogP contribution in [0.5, 0.6) is 0 Å². The summed E-state index contributed by atoms with van der Waals surface area (Å²) >= 11 is 0. The van der Waals surface area contributed by atoms with Gasteiger partial charge in [0.25, 0.3) is 5.91 Å². The lowest BCUT2D eigenvalue weighted by atomic mass is 10.3. The van der Waals surface area contributed by atoms with Crippen molar-refractivity contribution in [2.75, 3.05) is 0 Å². The zero-order valence-corrected chi connectivity index (χ0v) is 11.4. The average Bonchev–Trinajstić information content (AvgIpc) is 2.79. The van der Waals surface area contributed by atoms with Crippen LogP contribution in [0.4, 0.5) is 0 Å². The minimum absolute atomic E-state index is 0.173. The number of hydrogen-bond donors (Lipinski definition) is 1. The first-order chi connectivity index (χ1) is 9.08. The fourth-order valence-corrected chi connectivity index (χ4v) is 1.89. The molecule has 0 saturated carbocycles. The van der Waals surface area contributed by atoms with Gasteiger partial charge in [-0.15, -0.1) is 0 Å². The molecule has 0 spiro atoms. The van der Waals surface area contributed by atoms with Crippen LogP contribution in [0.25, 0.3) is 0 Å². The van der Waals surface area contributed by atoms with E-state index in [4.69, 9.17) is 0 Å². The maximum atomic E-state index is 12.0. The molecule has 5 nitrogen and oxygen atoms in total. The van der Waals surface area contributed by atoms with Gasteiger partial charge in [-0.1, -0.05) is 6.07 Å². The summed E-state index contributed by atoms with van der Waals surface area (Å²) < 4.78 is 1.84. The summed E-state index contributed by atoms with van der Waals surface area (Å²) in [5.74, 6) is -0.173. The van der Waals surface area contributed by atoms with Gasteiger partial charge in [-0.05, 0) is 39.0 Å². The summed E-state index contributed by atoms with van der Waals surface area (Å²) in [6.45, 7) is 6.43. The number of pyridine rings is 1. The molecular formula is C14H18N4O. The van der Waals surface area contributed by atoms with Crippen molar-refractivity contribution in [3.05, 3.63) is 47.5 Å². The zero-order chi connectivity index (χ0) is 13.8. The van der Waals surface area contributed by atoms with Gasteiger partial charge in [0, 0.05) is 17.9 Å². The van der Waals surface area contributed by atoms with Gasteiger partial charge in [0.1, 0.15) is 5.69 Å². The highest BCUT2D eigenvalue weighted by Crippen LogP contribution is 2.10. The maximum Gasteiger partial charge on any atom is 0.272 e. The Kier molecular flexibility index (Phi) is 3.94. The Hall–Kier alpha value is -2.17. The van der Waals surface area contributed by atoms with Gasteiger partial charge in [-0.3, -0.25) is 14.5 Å². The Morgan fingerprint density at radius 1 is 1.42 bits per heavy atom. The minimum atomic E-state index is -0.173. The molecule has 2 heterocycles. The second kappa shape index (κ2) is 5.65. The van der Waals surface area contributed by atoms with Gasteiger partial charge in [-0.25, -0.2) is 0 Å². The fraction of sp³-hybridized carbons (Fsp3) is 0.357. The molecule has 0 aliphatic rings. The van der Waals surface area contributed by atoms with Crippen molar-refractivity contribution in [1.29, 1.82) is 0 Å². The normalized spacial score (nSPS) is 10.7. The smallest absolute Gasteiger partial charge is 0.272 e. The molecule has 0 aliphatic carbocycles. The number of nitrogens with zero attached hydrogens (tertiary/aromatic N) is 3. The molecule has 0 aliphatic heterocycles. The van der Waals surface area contributed by atoms with Crippen LogP contribution < -0.4 is 5.32 Å². The van der Waals surface area contributed by atoms with E-state index in [1.54, 1.807) is 12.3 Å². The predicted molar refractivity (Wildman–Crippen MR) is 72.8 cm³/mol. The molecule has 0 fully saturated rings. The number of aryl methyl sites for hydroxylation is 1. The monoisotopic (exact) mass is 258 g/mol. The third-order valence-electron chi connectivity index (χ3n) is 2.80. The largest absolute Gasteiger partial charge is 0.345 e. The first-order valence-corrected chi connectivity index (χ1v) is 6.32. The number of hydrogen-bond acceptors (Lipinski definition) is 3. The SMILES string of the molecule is Cc1cc(C(=O)NCc2ccccn2)nn1C(C)C. The van der Waals surface area contributed by atoms with Gasteiger partial charge in [0.15, 0.2) is 0 Å². The van der Waals surface area contributed by atoms with Crippen molar-refractivity contribution < 1.29 is 4.79 Å². The molecule has 2 aromatic heterocycles. The lowest BCUT2D eigenvalue weighted by Crippen LogP contribution is -2.24. The van der Waals surface area contributed by atoms with Crippen LogP contribution in [-0.4, -0.2) is 20.7 Å². The van der Waals surface area contributed by atoms with E-state index < -0.39 is 0 Å². The molecule has 0 unspecified atom stereocenters. The molecule has 1 amide bonds. The lowest BCUT2D eigenvalue weighted by Gasteiger charge is -2.07. The van der Waals surface area contributed by atoms with Crippen molar-refractivity contribution in [2.24, 2.45) is 0 Å². The summed E-state index contributed by atoms with van der Waals surface area (Å²) in [7, 11) is 0. The van der Waals surface area contributed by atoms with Crippen molar-refractivity contribution in [2.45, 2.75) is 33.4 Å². The van der Waals surface area contributed by atoms with Crippen molar-refractivity contribution >= 4 is 5.91 Å². The van der Waals surface area contributed by atoms with Gasteiger partial charge in [0.05, 0.1) is 12.2 Å². The highest BCUT2D eigenvalue weighted by atomic mass is 16.1. The van der Waals surface area contributed by atoms with E-state index in [2.05, 4.69) is 15.4 Å². The van der Waals surface area contributed by atoms with E-state index in [9.17, 15) is 4.79 Å². The van der Waals surface area contributed by atoms with E-state index >= 15 is 0 Å². The van der Waals surface area contributed by atoms with E-state index in [1.165, 1.54) is 0 Å². The molecular weight excluding hydrogens is 240 g/mol. The number of rotatable bonds is 4. The Morgan fingerprint density at radius 2 is 2.21 bits per heavy atom. The summed E-state index contributed by atoms with van der Waals surface area (Å²) in [4.78, 5) is 16.1. The van der Waals surface area contributed by atoms with E-state index in [0.717, 1.165) is 11.4 Å². The number of carbonyl (C=O) groups is 1. The molecule has 0 bridgehead atoms. The fourth-order valence-electron chi connectivity index (χ4n) is 1.89. The Labute approximate surface area is 112 Å². The molecule has 0 radical (unpaired) electrons. The molecule has 1 N–H and O–H groups in total. The van der Waals surface area contributed by atoms with Gasteiger partial charge >= 0.3 is 0 Å². The number of amides is 1. The van der Waals surface area contributed by atoms with E-state index in [1.807, 2.05) is 43.7 Å². The Morgan fingerprint density at radius 3 is 2.79 bits per heavy atom. The molecule has 2 aromatic rings. The second-order valence-corrected chi connectivity index (χ2v) is 4.71. The highest BCUT2D eigenvalue weighted by molar-refractivity contribution is 5.92. The maximum absolute atomic E-state index is 12.0. The molecule has 0 saturated heterocycles. The molecule has 0 atom stereocenters. The lowest BCUT2D eigenvalue weighted by molar-refractivity contribution is 0.0944. The number of carbonyl (C=O) groups excluding carboxylic acids is 1. The Balaban J connectivity index is 2.02. The molecule has 5 heteroatoms. The Bertz CT molecular complexity index is 560. The third kappa shape index (κ3) is 3.19. The quantitative estimate of drug-likeness (QED) is 0.913. The first kappa shape index (κ1) is 13.3. The molecule has 100 valence electrons. The van der Waals surface area contributed by atoms with Crippen molar-refractivity contribution in [3.63, 3.8) is 0 Å². The van der Waals surface area contributed by atoms with Crippen LogP contribution in [0.2, 0.25) is 0 Å². The summed E-state index contributed by atoms with van der Waals surface area (Å²) in [6.07, 6.45) is 1.71. The van der Waals surface area contributed by atoms with Crippen LogP contribution >= 0.6 is 0 Å². The third-order valence-corrected chi connectivity index (χ3v) is 2.80. The van der Waals surface area contributed by atoms with Crippen molar-refractivity contribution in [1.82, 2.24) is 20.1 Å². The summed E-state index contributed by atoms with van der Waals surface area (Å²) in [5, 5.41) is 7.12. The minimum Gasteiger partial charge on any atom is -0.345 e. The predicted octanol–water partition coefficient (Wildman–Crippen LogP) is 2.10. The van der Waals surface area contributed by atoms with Gasteiger partial charge in [0.2, 0.25) is 0 Å². The van der Waals surface area contributed by atoms with E-state index in [-0.39, 0.29) is 11.9 Å². The molecule has 2 rings (SSSR count).